The first-order valence-corrected chi connectivity index (χ1v) is 11.1. The molecule has 0 saturated carbocycles. The maximum Gasteiger partial charge on any atom is 0.251 e. The molecule has 2 N–H and O–H groups in total. The van der Waals surface area contributed by atoms with E-state index in [4.69, 9.17) is 16.3 Å². The molecule has 0 aromatic heterocycles. The Bertz CT molecular complexity index is 961. The zero-order valence-corrected chi connectivity index (χ0v) is 17.2. The summed E-state index contributed by atoms with van der Waals surface area (Å²) in [6, 6.07) is 10.1. The zero-order chi connectivity index (χ0) is 20.9. The highest BCUT2D eigenvalue weighted by Crippen LogP contribution is 2.23. The Morgan fingerprint density at radius 2 is 1.97 bits per heavy atom. The first-order chi connectivity index (χ1) is 13.8. The second kappa shape index (κ2) is 9.67. The zero-order valence-electron chi connectivity index (χ0n) is 15.7. The van der Waals surface area contributed by atoms with Crippen LogP contribution in [-0.4, -0.2) is 40.1 Å². The van der Waals surface area contributed by atoms with Crippen LogP contribution in [0, 0.1) is 5.82 Å². The van der Waals surface area contributed by atoms with E-state index in [1.807, 2.05) is 0 Å². The minimum Gasteiger partial charge on any atom is -0.377 e. The van der Waals surface area contributed by atoms with Crippen molar-refractivity contribution in [2.45, 2.75) is 30.3 Å². The molecule has 0 spiro atoms. The number of ether oxygens (including phenoxy) is 1. The van der Waals surface area contributed by atoms with E-state index in [2.05, 4.69) is 10.0 Å². The first-order valence-electron chi connectivity index (χ1n) is 9.28. The fourth-order valence-electron chi connectivity index (χ4n) is 3.01. The van der Waals surface area contributed by atoms with Gasteiger partial charge in [-0.05, 0) is 55.2 Å². The van der Waals surface area contributed by atoms with E-state index in [1.165, 1.54) is 30.3 Å². The van der Waals surface area contributed by atoms with E-state index in [0.29, 0.717) is 19.6 Å². The van der Waals surface area contributed by atoms with Gasteiger partial charge in [-0.3, -0.25) is 4.79 Å². The highest BCUT2D eigenvalue weighted by atomic mass is 35.5. The lowest BCUT2D eigenvalue weighted by Crippen LogP contribution is -2.32. The minimum atomic E-state index is -3.88. The third-order valence-corrected chi connectivity index (χ3v) is 6.53. The number of nitrogens with one attached hydrogen (secondary N) is 2. The number of amides is 1. The molecule has 1 heterocycles. The number of hydrogen-bond acceptors (Lipinski definition) is 4. The lowest BCUT2D eigenvalue weighted by atomic mass is 10.1. The van der Waals surface area contributed by atoms with Crippen molar-refractivity contribution in [2.24, 2.45) is 0 Å². The number of carbonyl (C=O) groups excluding carboxylic acids is 1. The van der Waals surface area contributed by atoms with Gasteiger partial charge < -0.3 is 10.1 Å². The molecule has 0 aliphatic carbocycles. The molecule has 9 heteroatoms. The summed E-state index contributed by atoms with van der Waals surface area (Å²) in [5, 5.41) is 2.76. The summed E-state index contributed by atoms with van der Waals surface area (Å²) in [7, 11) is -3.88. The predicted octanol–water partition coefficient (Wildman–Crippen LogP) is 2.91. The second-order valence-electron chi connectivity index (χ2n) is 6.76. The molecule has 1 aliphatic rings. The Labute approximate surface area is 174 Å². The third-order valence-electron chi connectivity index (χ3n) is 4.62. The Balaban J connectivity index is 1.62. The normalized spacial score (nSPS) is 16.7. The van der Waals surface area contributed by atoms with Crippen molar-refractivity contribution >= 4 is 27.5 Å². The fraction of sp³-hybridized carbons (Fsp3) is 0.350. The summed E-state index contributed by atoms with van der Waals surface area (Å²) in [6.45, 7) is 1.11. The summed E-state index contributed by atoms with van der Waals surface area (Å²) >= 11 is 6.07. The van der Waals surface area contributed by atoms with Crippen LogP contribution in [0.15, 0.2) is 47.4 Å². The maximum absolute atomic E-state index is 12.9. The molecule has 1 fully saturated rings. The smallest absolute Gasteiger partial charge is 0.251 e. The molecular weight excluding hydrogens is 419 g/mol. The van der Waals surface area contributed by atoms with E-state index in [1.54, 1.807) is 12.1 Å². The molecule has 1 unspecified atom stereocenters. The van der Waals surface area contributed by atoms with Crippen LogP contribution in [0.25, 0.3) is 0 Å². The monoisotopic (exact) mass is 440 g/mol. The van der Waals surface area contributed by atoms with Crippen LogP contribution in [-0.2, 0) is 21.2 Å². The average Bonchev–Trinajstić information content (AvgIpc) is 3.22. The summed E-state index contributed by atoms with van der Waals surface area (Å²) < 4.78 is 46.0. The van der Waals surface area contributed by atoms with E-state index in [-0.39, 0.29) is 33.9 Å². The molecule has 0 radical (unpaired) electrons. The molecule has 2 aromatic rings. The van der Waals surface area contributed by atoms with Crippen molar-refractivity contribution in [2.75, 3.05) is 19.7 Å². The molecule has 3 rings (SSSR count). The van der Waals surface area contributed by atoms with Crippen LogP contribution in [0.3, 0.4) is 0 Å². The lowest BCUT2D eigenvalue weighted by Gasteiger charge is -2.13. The largest absolute Gasteiger partial charge is 0.377 e. The van der Waals surface area contributed by atoms with E-state index in [9.17, 15) is 17.6 Å². The van der Waals surface area contributed by atoms with Gasteiger partial charge in [-0.2, -0.15) is 0 Å². The minimum absolute atomic E-state index is 0.0349. The maximum atomic E-state index is 12.9. The molecule has 1 atom stereocenters. The Morgan fingerprint density at radius 1 is 1.21 bits per heavy atom. The molecule has 6 nitrogen and oxygen atoms in total. The van der Waals surface area contributed by atoms with Crippen LogP contribution in [0.2, 0.25) is 5.02 Å². The lowest BCUT2D eigenvalue weighted by molar-refractivity contribution is 0.0954. The van der Waals surface area contributed by atoms with Gasteiger partial charge in [0, 0.05) is 25.3 Å². The van der Waals surface area contributed by atoms with Crippen LogP contribution >= 0.6 is 11.6 Å². The van der Waals surface area contributed by atoms with Gasteiger partial charge in [-0.1, -0.05) is 23.7 Å². The number of benzene rings is 2. The molecule has 2 aromatic carbocycles. The van der Waals surface area contributed by atoms with Gasteiger partial charge in [0.2, 0.25) is 10.0 Å². The molecule has 1 saturated heterocycles. The summed E-state index contributed by atoms with van der Waals surface area (Å²) in [5.74, 6) is -0.736. The third kappa shape index (κ3) is 5.99. The SMILES string of the molecule is O=C(NCCc1ccc(F)cc1)c1ccc(Cl)c(S(=O)(=O)NCC2CCCO2)c1. The van der Waals surface area contributed by atoms with Crippen molar-refractivity contribution in [1.29, 1.82) is 0 Å². The number of rotatable bonds is 8. The Hall–Kier alpha value is -2.00. The van der Waals surface area contributed by atoms with Gasteiger partial charge in [-0.25, -0.2) is 17.5 Å². The van der Waals surface area contributed by atoms with Gasteiger partial charge in [0.1, 0.15) is 10.7 Å². The molecule has 29 heavy (non-hydrogen) atoms. The fourth-order valence-corrected chi connectivity index (χ4v) is 4.60. The molecular formula is C20H22ClFN2O4S. The number of sulfonamides is 1. The Morgan fingerprint density at radius 3 is 2.66 bits per heavy atom. The van der Waals surface area contributed by atoms with Gasteiger partial charge in [0.05, 0.1) is 11.1 Å². The van der Waals surface area contributed by atoms with Crippen LogP contribution in [0.5, 0.6) is 0 Å². The molecule has 156 valence electrons. The topological polar surface area (TPSA) is 84.5 Å². The standard InChI is InChI=1S/C20H22ClFN2O4S/c21-18-8-5-15(20(25)23-10-9-14-3-6-16(22)7-4-14)12-19(18)29(26,27)24-13-17-2-1-11-28-17/h3-8,12,17,24H,1-2,9-11,13H2,(H,23,25). The van der Waals surface area contributed by atoms with E-state index >= 15 is 0 Å². The molecule has 0 bridgehead atoms. The predicted molar refractivity (Wildman–Crippen MR) is 108 cm³/mol. The summed E-state index contributed by atoms with van der Waals surface area (Å²) in [6.07, 6.45) is 2.07. The van der Waals surface area contributed by atoms with Crippen molar-refractivity contribution in [3.63, 3.8) is 0 Å². The summed E-state index contributed by atoms with van der Waals surface area (Å²) in [4.78, 5) is 12.2. The highest BCUT2D eigenvalue weighted by Gasteiger charge is 2.23. The van der Waals surface area contributed by atoms with Crippen LogP contribution in [0.4, 0.5) is 4.39 Å². The van der Waals surface area contributed by atoms with Gasteiger partial charge >= 0.3 is 0 Å². The number of hydrogen-bond donors (Lipinski definition) is 2. The molecule has 1 aliphatic heterocycles. The molecule has 1 amide bonds. The van der Waals surface area contributed by atoms with Gasteiger partial charge in [0.25, 0.3) is 5.91 Å². The van der Waals surface area contributed by atoms with Crippen LogP contribution in [0.1, 0.15) is 28.8 Å². The van der Waals surface area contributed by atoms with Crippen molar-refractivity contribution < 1.29 is 22.3 Å². The van der Waals surface area contributed by atoms with Crippen molar-refractivity contribution in [1.82, 2.24) is 10.0 Å². The van der Waals surface area contributed by atoms with Gasteiger partial charge in [0.15, 0.2) is 0 Å². The highest BCUT2D eigenvalue weighted by molar-refractivity contribution is 7.89. The second-order valence-corrected chi connectivity index (χ2v) is 8.91. The average molecular weight is 441 g/mol. The van der Waals surface area contributed by atoms with Crippen molar-refractivity contribution in [3.05, 3.63) is 64.4 Å². The number of carbonyl (C=O) groups is 1. The van der Waals surface area contributed by atoms with E-state index < -0.39 is 15.9 Å². The van der Waals surface area contributed by atoms with Gasteiger partial charge in [-0.15, -0.1) is 0 Å². The Kier molecular flexibility index (Phi) is 7.23. The number of halogens is 2. The summed E-state index contributed by atoms with van der Waals surface area (Å²) in [5.41, 5.74) is 1.07. The van der Waals surface area contributed by atoms with E-state index in [0.717, 1.165) is 18.4 Å². The van der Waals surface area contributed by atoms with Crippen molar-refractivity contribution in [3.8, 4) is 0 Å². The van der Waals surface area contributed by atoms with Crippen LogP contribution < -0.4 is 10.0 Å². The first kappa shape index (κ1) is 21.7. The quantitative estimate of drug-likeness (QED) is 0.661.